The molecule has 2 aromatic carbocycles. The van der Waals surface area contributed by atoms with Crippen molar-refractivity contribution in [3.8, 4) is 11.5 Å². The summed E-state index contributed by atoms with van der Waals surface area (Å²) in [5.74, 6) is -0.313. The summed E-state index contributed by atoms with van der Waals surface area (Å²) in [6, 6.07) is 12.8. The number of aryl methyl sites for hydroxylation is 1. The minimum absolute atomic E-state index is 0.199. The number of benzene rings is 2. The van der Waals surface area contributed by atoms with Crippen LogP contribution in [0.3, 0.4) is 0 Å². The van der Waals surface area contributed by atoms with Gasteiger partial charge in [0.2, 0.25) is 0 Å². The van der Waals surface area contributed by atoms with Gasteiger partial charge in [-0.2, -0.15) is 0 Å². The van der Waals surface area contributed by atoms with Gasteiger partial charge in [-0.1, -0.05) is 53.3 Å². The number of halogens is 1. The SMILES string of the molecule is Cc1ccc(OCCOc2ccc(Cl)cc2/C=C2/SC(=S)N(CC(=O)O)C2=O)cc1. The van der Waals surface area contributed by atoms with Crippen molar-refractivity contribution in [2.24, 2.45) is 0 Å². The fourth-order valence-electron chi connectivity index (χ4n) is 2.62. The number of rotatable bonds is 8. The Bertz CT molecular complexity index is 1010. The van der Waals surface area contributed by atoms with Gasteiger partial charge < -0.3 is 14.6 Å². The molecule has 0 unspecified atom stereocenters. The molecule has 0 bridgehead atoms. The number of carboxylic acid groups (broad SMARTS) is 1. The van der Waals surface area contributed by atoms with E-state index in [2.05, 4.69) is 0 Å². The third kappa shape index (κ3) is 5.75. The lowest BCUT2D eigenvalue weighted by Crippen LogP contribution is -2.33. The van der Waals surface area contributed by atoms with Crippen molar-refractivity contribution in [3.05, 3.63) is 63.5 Å². The first-order valence-corrected chi connectivity index (χ1v) is 10.5. The molecule has 1 aliphatic heterocycles. The third-order valence-electron chi connectivity index (χ3n) is 4.06. The van der Waals surface area contributed by atoms with E-state index in [0.717, 1.165) is 28.0 Å². The van der Waals surface area contributed by atoms with E-state index < -0.39 is 18.4 Å². The van der Waals surface area contributed by atoms with Crippen LogP contribution in [0.1, 0.15) is 11.1 Å². The number of thioether (sulfide) groups is 1. The molecule has 1 N–H and O–H groups in total. The topological polar surface area (TPSA) is 76.1 Å². The van der Waals surface area contributed by atoms with Crippen LogP contribution in [0.25, 0.3) is 6.08 Å². The Morgan fingerprint density at radius 2 is 1.90 bits per heavy atom. The fourth-order valence-corrected chi connectivity index (χ4v) is 4.05. The zero-order valence-electron chi connectivity index (χ0n) is 16.0. The molecule has 6 nitrogen and oxygen atoms in total. The average Bonchev–Trinajstić information content (AvgIpc) is 2.95. The Balaban J connectivity index is 1.68. The van der Waals surface area contributed by atoms with Gasteiger partial charge in [-0.15, -0.1) is 0 Å². The molecule has 2 aromatic rings. The Labute approximate surface area is 188 Å². The van der Waals surface area contributed by atoms with Crippen molar-refractivity contribution in [1.29, 1.82) is 0 Å². The summed E-state index contributed by atoms with van der Waals surface area (Å²) in [5, 5.41) is 9.43. The van der Waals surface area contributed by atoms with Gasteiger partial charge >= 0.3 is 5.97 Å². The second kappa shape index (κ2) is 9.97. The van der Waals surface area contributed by atoms with Crippen molar-refractivity contribution in [2.75, 3.05) is 19.8 Å². The normalized spacial score (nSPS) is 15.0. The Morgan fingerprint density at radius 1 is 1.20 bits per heavy atom. The van der Waals surface area contributed by atoms with E-state index in [-0.39, 0.29) is 10.9 Å². The molecule has 1 heterocycles. The summed E-state index contributed by atoms with van der Waals surface area (Å²) in [6.07, 6.45) is 1.60. The highest BCUT2D eigenvalue weighted by Gasteiger charge is 2.33. The summed E-state index contributed by atoms with van der Waals surface area (Å²) in [4.78, 5) is 24.8. The van der Waals surface area contributed by atoms with Gasteiger partial charge in [-0.05, 0) is 43.3 Å². The predicted octanol–water partition coefficient (Wildman–Crippen LogP) is 4.39. The lowest BCUT2D eigenvalue weighted by atomic mass is 10.2. The number of amides is 1. The van der Waals surface area contributed by atoms with E-state index in [9.17, 15) is 9.59 Å². The molecule has 9 heteroatoms. The van der Waals surface area contributed by atoms with Gasteiger partial charge in [-0.3, -0.25) is 14.5 Å². The highest BCUT2D eigenvalue weighted by molar-refractivity contribution is 8.26. The minimum atomic E-state index is -1.13. The number of carbonyl (C=O) groups excluding carboxylic acids is 1. The number of hydrogen-bond acceptors (Lipinski definition) is 6. The molecule has 0 radical (unpaired) electrons. The molecule has 0 aromatic heterocycles. The zero-order chi connectivity index (χ0) is 21.7. The molecule has 0 spiro atoms. The Morgan fingerprint density at radius 3 is 2.60 bits per heavy atom. The maximum atomic E-state index is 12.5. The summed E-state index contributed by atoms with van der Waals surface area (Å²) < 4.78 is 11.7. The van der Waals surface area contributed by atoms with Gasteiger partial charge in [0.05, 0.1) is 4.91 Å². The monoisotopic (exact) mass is 463 g/mol. The number of nitrogens with zero attached hydrogens (tertiary/aromatic N) is 1. The predicted molar refractivity (Wildman–Crippen MR) is 121 cm³/mol. The first-order chi connectivity index (χ1) is 14.3. The van der Waals surface area contributed by atoms with Crippen LogP contribution in [0.5, 0.6) is 11.5 Å². The molecule has 30 heavy (non-hydrogen) atoms. The van der Waals surface area contributed by atoms with Crippen LogP contribution in [0, 0.1) is 6.92 Å². The van der Waals surface area contributed by atoms with Gasteiger partial charge in [0.1, 0.15) is 35.6 Å². The highest BCUT2D eigenvalue weighted by Crippen LogP contribution is 2.35. The lowest BCUT2D eigenvalue weighted by molar-refractivity contribution is -0.140. The summed E-state index contributed by atoms with van der Waals surface area (Å²) in [5.41, 5.74) is 1.74. The van der Waals surface area contributed by atoms with Crippen molar-refractivity contribution in [2.45, 2.75) is 6.92 Å². The van der Waals surface area contributed by atoms with Crippen LogP contribution in [0.4, 0.5) is 0 Å². The quantitative estimate of drug-likeness (QED) is 0.353. The van der Waals surface area contributed by atoms with Gasteiger partial charge in [0, 0.05) is 10.6 Å². The van der Waals surface area contributed by atoms with Crippen LogP contribution in [0.15, 0.2) is 47.4 Å². The van der Waals surface area contributed by atoms with E-state index in [1.54, 1.807) is 24.3 Å². The third-order valence-corrected chi connectivity index (χ3v) is 5.67. The fraction of sp³-hybridized carbons (Fsp3) is 0.190. The first kappa shape index (κ1) is 22.1. The second-order valence-electron chi connectivity index (χ2n) is 6.35. The van der Waals surface area contributed by atoms with Gasteiger partial charge in [-0.25, -0.2) is 0 Å². The number of ether oxygens (including phenoxy) is 2. The molecule has 0 saturated carbocycles. The molecular formula is C21H18ClNO5S2. The van der Waals surface area contributed by atoms with Gasteiger partial charge in [0.25, 0.3) is 5.91 Å². The second-order valence-corrected chi connectivity index (χ2v) is 8.47. The van der Waals surface area contributed by atoms with E-state index in [4.69, 9.17) is 38.4 Å². The maximum absolute atomic E-state index is 12.5. The molecule has 0 atom stereocenters. The lowest BCUT2D eigenvalue weighted by Gasteiger charge is -2.12. The standard InChI is InChI=1S/C21H18ClNO5S2/c1-13-2-5-16(6-3-13)27-8-9-28-17-7-4-15(22)10-14(17)11-18-20(26)23(12-19(24)25)21(29)30-18/h2-7,10-11H,8-9,12H2,1H3,(H,24,25)/b18-11+. The molecule has 1 aliphatic rings. The molecule has 156 valence electrons. The van der Waals surface area contributed by atoms with Crippen molar-refractivity contribution in [3.63, 3.8) is 0 Å². The Hall–Kier alpha value is -2.55. The zero-order valence-corrected chi connectivity index (χ0v) is 18.4. The number of thiocarbonyl (C=S) groups is 1. The summed E-state index contributed by atoms with van der Waals surface area (Å²) in [7, 11) is 0. The van der Waals surface area contributed by atoms with Crippen molar-refractivity contribution < 1.29 is 24.2 Å². The molecular weight excluding hydrogens is 446 g/mol. The molecule has 1 saturated heterocycles. The van der Waals surface area contributed by atoms with Crippen molar-refractivity contribution >= 4 is 57.9 Å². The average molecular weight is 464 g/mol. The van der Waals surface area contributed by atoms with Crippen LogP contribution < -0.4 is 9.47 Å². The van der Waals surface area contributed by atoms with E-state index in [0.29, 0.717) is 27.8 Å². The van der Waals surface area contributed by atoms with Crippen molar-refractivity contribution in [1.82, 2.24) is 4.90 Å². The largest absolute Gasteiger partial charge is 0.490 e. The molecule has 1 amide bonds. The number of carbonyl (C=O) groups is 2. The maximum Gasteiger partial charge on any atom is 0.323 e. The van der Waals surface area contributed by atoms with Crippen LogP contribution in [-0.2, 0) is 9.59 Å². The summed E-state index contributed by atoms with van der Waals surface area (Å²) in [6.45, 7) is 2.16. The number of aliphatic carboxylic acids is 1. The smallest absolute Gasteiger partial charge is 0.323 e. The van der Waals surface area contributed by atoms with E-state index in [1.165, 1.54) is 0 Å². The number of carboxylic acids is 1. The minimum Gasteiger partial charge on any atom is -0.490 e. The van der Waals surface area contributed by atoms with E-state index in [1.807, 2.05) is 31.2 Å². The molecule has 3 rings (SSSR count). The van der Waals surface area contributed by atoms with Crippen LogP contribution in [0.2, 0.25) is 5.02 Å². The van der Waals surface area contributed by atoms with Gasteiger partial charge in [0.15, 0.2) is 0 Å². The Kier molecular flexibility index (Phi) is 7.36. The van der Waals surface area contributed by atoms with E-state index >= 15 is 0 Å². The first-order valence-electron chi connectivity index (χ1n) is 8.92. The van der Waals surface area contributed by atoms with Crippen LogP contribution >= 0.6 is 35.6 Å². The molecule has 0 aliphatic carbocycles. The number of hydrogen-bond donors (Lipinski definition) is 1. The highest BCUT2D eigenvalue weighted by atomic mass is 35.5. The molecule has 1 fully saturated rings. The summed E-state index contributed by atoms with van der Waals surface area (Å²) >= 11 is 12.3. The van der Waals surface area contributed by atoms with Crippen LogP contribution in [-0.4, -0.2) is 46.0 Å².